The van der Waals surface area contributed by atoms with Crippen LogP contribution in [0, 0.1) is 0 Å². The van der Waals surface area contributed by atoms with Gasteiger partial charge in [-0.2, -0.15) is 0 Å². The molecular formula is C10H10NS+. The molecule has 0 aliphatic carbocycles. The SMILES string of the molecule is c1ccc(C[s+]2cccn2)cc1. The quantitative estimate of drug-likeness (QED) is 0.641. The van der Waals surface area contributed by atoms with E-state index in [-0.39, 0.29) is 10.7 Å². The number of benzene rings is 1. The molecule has 1 atom stereocenters. The van der Waals surface area contributed by atoms with Crippen LogP contribution in [0.25, 0.3) is 0 Å². The van der Waals surface area contributed by atoms with Crippen LogP contribution in [-0.2, 0) is 5.75 Å². The zero-order valence-corrected chi connectivity index (χ0v) is 7.50. The first kappa shape index (κ1) is 7.50. The molecule has 0 N–H and O–H groups in total. The highest BCUT2D eigenvalue weighted by Crippen LogP contribution is 2.17. The molecule has 1 heterocycles. The van der Waals surface area contributed by atoms with Crippen molar-refractivity contribution in [2.24, 2.45) is 0 Å². The van der Waals surface area contributed by atoms with E-state index in [9.17, 15) is 0 Å². The van der Waals surface area contributed by atoms with Crippen LogP contribution in [0.5, 0.6) is 0 Å². The Kier molecular flexibility index (Phi) is 2.19. The van der Waals surface area contributed by atoms with Gasteiger partial charge in [0.05, 0.1) is 16.9 Å². The molecule has 1 aromatic carbocycles. The Hall–Kier alpha value is -1.15. The number of rotatable bonds is 2. The summed E-state index contributed by atoms with van der Waals surface area (Å²) in [5, 5.41) is 2.16. The number of hydrogen-bond acceptors (Lipinski definition) is 1. The largest absolute Gasteiger partial charge is 0.175 e. The monoisotopic (exact) mass is 176 g/mol. The zero-order chi connectivity index (χ0) is 8.23. The summed E-state index contributed by atoms with van der Waals surface area (Å²) in [6.45, 7) is 0. The predicted molar refractivity (Wildman–Crippen MR) is 52.3 cm³/mol. The average molecular weight is 176 g/mol. The van der Waals surface area contributed by atoms with Crippen molar-refractivity contribution in [1.29, 1.82) is 0 Å². The summed E-state index contributed by atoms with van der Waals surface area (Å²) >= 11 is 0. The van der Waals surface area contributed by atoms with Crippen LogP contribution in [0.15, 0.2) is 48.0 Å². The molecule has 0 radical (unpaired) electrons. The van der Waals surface area contributed by atoms with Crippen molar-refractivity contribution in [3.05, 3.63) is 53.5 Å². The first-order chi connectivity index (χ1) is 5.95. The van der Waals surface area contributed by atoms with E-state index in [1.54, 1.807) is 0 Å². The van der Waals surface area contributed by atoms with Gasteiger partial charge in [0.15, 0.2) is 11.1 Å². The third kappa shape index (κ3) is 1.71. The first-order valence-electron chi connectivity index (χ1n) is 3.90. The van der Waals surface area contributed by atoms with Gasteiger partial charge in [-0.25, -0.2) is 0 Å². The van der Waals surface area contributed by atoms with E-state index in [4.69, 9.17) is 0 Å². The van der Waals surface area contributed by atoms with Gasteiger partial charge in [-0.05, 0) is 4.37 Å². The summed E-state index contributed by atoms with van der Waals surface area (Å²) < 4.78 is 4.32. The minimum atomic E-state index is 0.111. The molecule has 1 unspecified atom stereocenters. The van der Waals surface area contributed by atoms with Crippen molar-refractivity contribution in [3.8, 4) is 0 Å². The molecule has 0 fully saturated rings. The molecule has 0 amide bonds. The average Bonchev–Trinajstić information content (AvgIpc) is 2.59. The maximum atomic E-state index is 4.32. The molecule has 0 aliphatic rings. The minimum absolute atomic E-state index is 0.111. The fourth-order valence-electron chi connectivity index (χ4n) is 1.10. The number of hydrogen-bond donors (Lipinski definition) is 0. The standard InChI is InChI=1S/C10H10NS/c1-2-5-10(6-3-1)9-12-8-4-7-11-12/h1-8H,9H2/q+1. The fraction of sp³-hybridized carbons (Fsp3) is 0.100. The Bertz CT molecular complexity index is 326. The molecule has 12 heavy (non-hydrogen) atoms. The Morgan fingerprint density at radius 2 is 1.92 bits per heavy atom. The molecule has 0 saturated heterocycles. The normalized spacial score (nSPS) is 11.5. The second-order valence-corrected chi connectivity index (χ2v) is 4.19. The van der Waals surface area contributed by atoms with Gasteiger partial charge < -0.3 is 0 Å². The zero-order valence-electron chi connectivity index (χ0n) is 6.68. The fourth-order valence-corrected chi connectivity index (χ4v) is 2.36. The van der Waals surface area contributed by atoms with Gasteiger partial charge in [0.2, 0.25) is 0 Å². The van der Waals surface area contributed by atoms with Gasteiger partial charge in [-0.3, -0.25) is 0 Å². The smallest absolute Gasteiger partial charge is 0.0622 e. The summed E-state index contributed by atoms with van der Waals surface area (Å²) in [6, 6.07) is 12.5. The molecule has 1 aromatic heterocycles. The van der Waals surface area contributed by atoms with E-state index in [0.717, 1.165) is 5.75 Å². The van der Waals surface area contributed by atoms with E-state index in [1.807, 2.05) is 18.3 Å². The van der Waals surface area contributed by atoms with Gasteiger partial charge in [-0.15, -0.1) is 0 Å². The van der Waals surface area contributed by atoms with Gasteiger partial charge in [0.1, 0.15) is 0 Å². The van der Waals surface area contributed by atoms with Crippen LogP contribution in [0.4, 0.5) is 0 Å². The molecule has 1 nitrogen and oxygen atoms in total. The van der Waals surface area contributed by atoms with Crippen LogP contribution < -0.4 is 0 Å². The molecule has 0 bridgehead atoms. The van der Waals surface area contributed by atoms with E-state index in [1.165, 1.54) is 5.56 Å². The summed E-state index contributed by atoms with van der Waals surface area (Å²) in [7, 11) is 0.111. The van der Waals surface area contributed by atoms with E-state index in [0.29, 0.717) is 0 Å². The van der Waals surface area contributed by atoms with Crippen LogP contribution in [0.1, 0.15) is 5.56 Å². The molecule has 60 valence electrons. The molecular weight excluding hydrogens is 166 g/mol. The number of aromatic nitrogens is 1. The highest BCUT2D eigenvalue weighted by molar-refractivity contribution is 7.24. The predicted octanol–water partition coefficient (Wildman–Crippen LogP) is 2.88. The van der Waals surface area contributed by atoms with Crippen molar-refractivity contribution < 1.29 is 0 Å². The summed E-state index contributed by atoms with van der Waals surface area (Å²) in [6.07, 6.45) is 1.88. The second-order valence-electron chi connectivity index (χ2n) is 2.61. The van der Waals surface area contributed by atoms with Gasteiger partial charge in [0, 0.05) is 11.6 Å². The van der Waals surface area contributed by atoms with E-state index in [2.05, 4.69) is 34.0 Å². The topological polar surface area (TPSA) is 12.9 Å². The van der Waals surface area contributed by atoms with Crippen molar-refractivity contribution in [3.63, 3.8) is 0 Å². The highest BCUT2D eigenvalue weighted by Gasteiger charge is 2.04. The first-order valence-corrected chi connectivity index (χ1v) is 5.31. The number of nitrogens with zero attached hydrogens (tertiary/aromatic N) is 1. The summed E-state index contributed by atoms with van der Waals surface area (Å²) in [5.41, 5.74) is 1.37. The minimum Gasteiger partial charge on any atom is -0.0622 e. The highest BCUT2D eigenvalue weighted by atomic mass is 32.2. The third-order valence-corrected chi connectivity index (χ3v) is 3.17. The molecule has 0 aliphatic heterocycles. The van der Waals surface area contributed by atoms with Crippen molar-refractivity contribution in [2.45, 2.75) is 5.75 Å². The molecule has 2 aromatic rings. The van der Waals surface area contributed by atoms with Crippen molar-refractivity contribution in [2.75, 3.05) is 0 Å². The van der Waals surface area contributed by atoms with Crippen molar-refractivity contribution in [1.82, 2.24) is 4.37 Å². The van der Waals surface area contributed by atoms with Crippen LogP contribution in [0.3, 0.4) is 0 Å². The van der Waals surface area contributed by atoms with Crippen LogP contribution in [0.2, 0.25) is 0 Å². The Morgan fingerprint density at radius 3 is 2.58 bits per heavy atom. The lowest BCUT2D eigenvalue weighted by Crippen LogP contribution is -1.78. The van der Waals surface area contributed by atoms with Gasteiger partial charge >= 0.3 is 0 Å². The molecule has 0 saturated carbocycles. The van der Waals surface area contributed by atoms with E-state index >= 15 is 0 Å². The lowest BCUT2D eigenvalue weighted by molar-refractivity contribution is 1.38. The third-order valence-electron chi connectivity index (χ3n) is 1.68. The van der Waals surface area contributed by atoms with Gasteiger partial charge in [-0.1, -0.05) is 30.3 Å². The maximum Gasteiger partial charge on any atom is 0.175 e. The Balaban J connectivity index is 2.15. The lowest BCUT2D eigenvalue weighted by atomic mass is 10.2. The summed E-state index contributed by atoms with van der Waals surface area (Å²) in [4.78, 5) is 0. The van der Waals surface area contributed by atoms with Gasteiger partial charge in [0.25, 0.3) is 0 Å². The van der Waals surface area contributed by atoms with Crippen LogP contribution >= 0.6 is 10.7 Å². The Labute approximate surface area is 74.8 Å². The maximum absolute atomic E-state index is 4.32. The lowest BCUT2D eigenvalue weighted by Gasteiger charge is -1.89. The van der Waals surface area contributed by atoms with E-state index < -0.39 is 0 Å². The summed E-state index contributed by atoms with van der Waals surface area (Å²) in [5.74, 6) is 1.05. The van der Waals surface area contributed by atoms with Crippen LogP contribution in [-0.4, -0.2) is 4.37 Å². The Morgan fingerprint density at radius 1 is 1.08 bits per heavy atom. The molecule has 2 heteroatoms. The van der Waals surface area contributed by atoms with Crippen molar-refractivity contribution >= 4 is 10.7 Å². The molecule has 0 spiro atoms. The second kappa shape index (κ2) is 3.50. The molecule has 2 rings (SSSR count).